The van der Waals surface area contributed by atoms with Gasteiger partial charge in [0.15, 0.2) is 11.5 Å². The summed E-state index contributed by atoms with van der Waals surface area (Å²) in [6, 6.07) is 5.58. The molecule has 0 saturated carbocycles. The zero-order valence-electron chi connectivity index (χ0n) is 11.7. The van der Waals surface area contributed by atoms with Crippen molar-refractivity contribution in [2.75, 3.05) is 6.54 Å². The average Bonchev–Trinajstić information content (AvgIpc) is 2.70. The number of aliphatic hydroxyl groups excluding tert-OH is 1. The Kier molecular flexibility index (Phi) is 4.51. The molecule has 1 aliphatic heterocycles. The first-order valence-corrected chi connectivity index (χ1v) is 6.91. The van der Waals surface area contributed by atoms with Crippen LogP contribution in [0.2, 0.25) is 5.02 Å². The molecule has 1 N–H and O–H groups in total. The molecule has 1 heterocycles. The predicted molar refractivity (Wildman–Crippen MR) is 75.9 cm³/mol. The number of amides is 1. The van der Waals surface area contributed by atoms with Crippen LogP contribution in [0.15, 0.2) is 35.6 Å². The molecular weight excluding hydrogens is 310 g/mol. The van der Waals surface area contributed by atoms with E-state index in [1.165, 1.54) is 6.92 Å². The number of aliphatic hydroxyl groups is 1. The molecule has 0 spiro atoms. The Morgan fingerprint density at radius 1 is 1.32 bits per heavy atom. The number of hydrogen-bond donors (Lipinski definition) is 1. The summed E-state index contributed by atoms with van der Waals surface area (Å²) >= 11 is 5.82. The number of ketones is 1. The zero-order chi connectivity index (χ0) is 16.4. The van der Waals surface area contributed by atoms with Gasteiger partial charge in [-0.25, -0.2) is 0 Å². The van der Waals surface area contributed by atoms with Crippen molar-refractivity contribution in [1.82, 2.24) is 4.90 Å². The van der Waals surface area contributed by atoms with Crippen molar-refractivity contribution < 1.29 is 24.6 Å². The summed E-state index contributed by atoms with van der Waals surface area (Å²) < 4.78 is 0. The topological polar surface area (TPSA) is 97.7 Å². The number of rotatable bonds is 5. The number of carbonyl (C=O) groups is 3. The molecule has 0 aromatic heterocycles. The summed E-state index contributed by atoms with van der Waals surface area (Å²) in [4.78, 5) is 35.7. The van der Waals surface area contributed by atoms with E-state index >= 15 is 0 Å². The molecule has 1 aromatic carbocycles. The van der Waals surface area contributed by atoms with Crippen LogP contribution >= 0.6 is 11.6 Å². The predicted octanol–water partition coefficient (Wildman–Crippen LogP) is 0.764. The van der Waals surface area contributed by atoms with Crippen LogP contribution < -0.4 is 5.11 Å². The quantitative estimate of drug-likeness (QED) is 0.863. The molecule has 22 heavy (non-hydrogen) atoms. The minimum absolute atomic E-state index is 0.0503. The number of benzene rings is 1. The molecule has 0 fully saturated rings. The molecule has 1 aliphatic rings. The number of halogens is 1. The van der Waals surface area contributed by atoms with Gasteiger partial charge in [0.25, 0.3) is 5.91 Å². The van der Waals surface area contributed by atoms with Crippen LogP contribution in [0.25, 0.3) is 0 Å². The van der Waals surface area contributed by atoms with Crippen molar-refractivity contribution in [3.8, 4) is 0 Å². The lowest BCUT2D eigenvalue weighted by atomic mass is 9.97. The lowest BCUT2D eigenvalue weighted by Gasteiger charge is -2.26. The highest BCUT2D eigenvalue weighted by molar-refractivity contribution is 6.30. The Morgan fingerprint density at radius 2 is 1.91 bits per heavy atom. The van der Waals surface area contributed by atoms with Crippen LogP contribution in [0, 0.1) is 0 Å². The largest absolute Gasteiger partial charge is 0.550 e. The highest BCUT2D eigenvalue weighted by Gasteiger charge is 2.41. The molecule has 0 aliphatic carbocycles. The number of aliphatic carboxylic acids is 1. The number of carbonyl (C=O) groups excluding carboxylic acids is 3. The van der Waals surface area contributed by atoms with Crippen molar-refractivity contribution >= 4 is 29.3 Å². The maximum absolute atomic E-state index is 12.1. The smallest absolute Gasteiger partial charge is 0.290 e. The van der Waals surface area contributed by atoms with Crippen LogP contribution in [-0.2, 0) is 14.4 Å². The van der Waals surface area contributed by atoms with E-state index in [9.17, 15) is 24.6 Å². The first kappa shape index (κ1) is 16.0. The van der Waals surface area contributed by atoms with Crippen molar-refractivity contribution in [3.63, 3.8) is 0 Å². The van der Waals surface area contributed by atoms with Gasteiger partial charge >= 0.3 is 0 Å². The van der Waals surface area contributed by atoms with Crippen molar-refractivity contribution in [1.29, 1.82) is 0 Å². The Hall–Kier alpha value is -2.34. The molecule has 2 rings (SSSR count). The van der Waals surface area contributed by atoms with Crippen molar-refractivity contribution in [2.24, 2.45) is 0 Å². The fourth-order valence-corrected chi connectivity index (χ4v) is 2.57. The monoisotopic (exact) mass is 322 g/mol. The van der Waals surface area contributed by atoms with Gasteiger partial charge in [-0.3, -0.25) is 9.59 Å². The first-order valence-electron chi connectivity index (χ1n) is 6.53. The molecule has 116 valence electrons. The molecule has 7 heteroatoms. The highest BCUT2D eigenvalue weighted by atomic mass is 35.5. The SMILES string of the molecule is CC(=O)C1=C(O)C(=O)N(CCC(=O)[O-])[C@@H]1c1ccc(Cl)cc1. The molecule has 0 bridgehead atoms. The van der Waals surface area contributed by atoms with E-state index in [4.69, 9.17) is 11.6 Å². The van der Waals surface area contributed by atoms with Gasteiger partial charge in [0.05, 0.1) is 11.6 Å². The number of carboxylic acid groups (broad SMARTS) is 1. The first-order chi connectivity index (χ1) is 10.3. The minimum atomic E-state index is -1.32. The van der Waals surface area contributed by atoms with Crippen molar-refractivity contribution in [2.45, 2.75) is 19.4 Å². The highest BCUT2D eigenvalue weighted by Crippen LogP contribution is 2.37. The molecule has 0 unspecified atom stereocenters. The number of carboxylic acids is 1. The molecule has 0 saturated heterocycles. The molecule has 1 atom stereocenters. The van der Waals surface area contributed by atoms with Gasteiger partial charge < -0.3 is 19.9 Å². The third-order valence-corrected chi connectivity index (χ3v) is 3.68. The summed E-state index contributed by atoms with van der Waals surface area (Å²) in [6.07, 6.45) is -0.395. The van der Waals surface area contributed by atoms with E-state index < -0.39 is 35.9 Å². The molecule has 0 radical (unpaired) electrons. The summed E-state index contributed by atoms with van der Waals surface area (Å²) in [7, 11) is 0. The van der Waals surface area contributed by atoms with E-state index in [0.717, 1.165) is 4.90 Å². The van der Waals surface area contributed by atoms with Gasteiger partial charge in [0, 0.05) is 24.0 Å². The summed E-state index contributed by atoms with van der Waals surface area (Å²) in [5, 5.41) is 21.0. The second kappa shape index (κ2) is 6.19. The third-order valence-electron chi connectivity index (χ3n) is 3.43. The van der Waals surface area contributed by atoms with Crippen LogP contribution in [0.1, 0.15) is 24.9 Å². The number of nitrogens with zero attached hydrogens (tertiary/aromatic N) is 1. The van der Waals surface area contributed by atoms with Crippen LogP contribution in [0.5, 0.6) is 0 Å². The minimum Gasteiger partial charge on any atom is -0.550 e. The normalized spacial score (nSPS) is 18.0. The fraction of sp³-hybridized carbons (Fsp3) is 0.267. The van der Waals surface area contributed by atoms with Gasteiger partial charge in [0.2, 0.25) is 0 Å². The summed E-state index contributed by atoms with van der Waals surface area (Å²) in [5.41, 5.74) is 0.510. The molecule has 1 amide bonds. The maximum atomic E-state index is 12.1. The summed E-state index contributed by atoms with van der Waals surface area (Å²) in [5.74, 6) is -3.20. The molecule has 1 aromatic rings. The number of Topliss-reactive ketones (excluding diaryl/α,β-unsaturated/α-hetero) is 1. The van der Waals surface area contributed by atoms with E-state index in [2.05, 4.69) is 0 Å². The maximum Gasteiger partial charge on any atom is 0.290 e. The zero-order valence-corrected chi connectivity index (χ0v) is 12.5. The fourth-order valence-electron chi connectivity index (χ4n) is 2.45. The van der Waals surface area contributed by atoms with Gasteiger partial charge in [-0.1, -0.05) is 23.7 Å². The Bertz CT molecular complexity index is 665. The lowest BCUT2D eigenvalue weighted by molar-refractivity contribution is -0.305. The molecule has 6 nitrogen and oxygen atoms in total. The Morgan fingerprint density at radius 3 is 2.41 bits per heavy atom. The average molecular weight is 323 g/mol. The number of hydrogen-bond acceptors (Lipinski definition) is 5. The lowest BCUT2D eigenvalue weighted by Crippen LogP contribution is -2.35. The second-order valence-corrected chi connectivity index (χ2v) is 5.33. The van der Waals surface area contributed by atoms with Crippen LogP contribution in [0.4, 0.5) is 0 Å². The Labute approximate surface area is 131 Å². The van der Waals surface area contributed by atoms with Crippen molar-refractivity contribution in [3.05, 3.63) is 46.2 Å². The van der Waals surface area contributed by atoms with Gasteiger partial charge in [0.1, 0.15) is 0 Å². The molecular formula is C15H13ClNO5-. The van der Waals surface area contributed by atoms with E-state index in [1.807, 2.05) is 0 Å². The van der Waals surface area contributed by atoms with E-state index in [1.54, 1.807) is 24.3 Å². The van der Waals surface area contributed by atoms with Gasteiger partial charge in [-0.05, 0) is 24.6 Å². The Balaban J connectivity index is 2.45. The van der Waals surface area contributed by atoms with E-state index in [-0.39, 0.29) is 12.1 Å². The third kappa shape index (κ3) is 2.96. The van der Waals surface area contributed by atoms with Crippen LogP contribution in [-0.4, -0.2) is 34.2 Å². The summed E-state index contributed by atoms with van der Waals surface area (Å²) in [6.45, 7) is 1.07. The van der Waals surface area contributed by atoms with Gasteiger partial charge in [-0.15, -0.1) is 0 Å². The van der Waals surface area contributed by atoms with Gasteiger partial charge in [-0.2, -0.15) is 0 Å². The van der Waals surface area contributed by atoms with Crippen LogP contribution in [0.3, 0.4) is 0 Å². The second-order valence-electron chi connectivity index (χ2n) is 4.89. The van der Waals surface area contributed by atoms with E-state index in [0.29, 0.717) is 10.6 Å². The standard InChI is InChI=1S/C15H14ClNO5/c1-8(18)12-13(9-2-4-10(16)5-3-9)17(7-6-11(19)20)15(22)14(12)21/h2-5,13,21H,6-7H2,1H3,(H,19,20)/p-1/t13-/m1/s1.